The van der Waals surface area contributed by atoms with Crippen LogP contribution in [0.3, 0.4) is 0 Å². The van der Waals surface area contributed by atoms with Crippen molar-refractivity contribution in [1.29, 1.82) is 0 Å². The Labute approximate surface area is 146 Å². The van der Waals surface area contributed by atoms with E-state index in [-0.39, 0.29) is 12.5 Å². The summed E-state index contributed by atoms with van der Waals surface area (Å²) in [5.74, 6) is 1.75. The molecular formula is C21H32O3. The highest BCUT2D eigenvalue weighted by atomic mass is 16.5. The summed E-state index contributed by atoms with van der Waals surface area (Å²) in [6.07, 6.45) is 6.32. The zero-order chi connectivity index (χ0) is 17.9. The van der Waals surface area contributed by atoms with Gasteiger partial charge in [-0.25, -0.2) is 0 Å². The number of aryl methyl sites for hydroxylation is 1. The summed E-state index contributed by atoms with van der Waals surface area (Å²) in [5.41, 5.74) is 4.52. The van der Waals surface area contributed by atoms with Crippen molar-refractivity contribution in [3.05, 3.63) is 34.4 Å². The first kappa shape index (κ1) is 18.9. The van der Waals surface area contributed by atoms with Crippen molar-refractivity contribution in [3.8, 4) is 11.5 Å². The standard InChI is InChI=1S/C21H32O3/c1-13(2)7-6-8-16(12-22)17-10-9-14(3)19-18(17)11-15(4)21(24-5)20(19)23/h7,11,14,16-17,22-23H,6,8-10,12H2,1-5H3/t14-,16?,17+/m1/s1. The number of benzene rings is 1. The number of ether oxygens (including phenoxy) is 1. The van der Waals surface area contributed by atoms with Gasteiger partial charge in [0.05, 0.1) is 7.11 Å². The van der Waals surface area contributed by atoms with Gasteiger partial charge in [0, 0.05) is 12.2 Å². The zero-order valence-electron chi connectivity index (χ0n) is 15.7. The smallest absolute Gasteiger partial charge is 0.163 e. The van der Waals surface area contributed by atoms with Gasteiger partial charge in [-0.05, 0) is 75.3 Å². The van der Waals surface area contributed by atoms with E-state index in [1.165, 1.54) is 11.1 Å². The highest BCUT2D eigenvalue weighted by Crippen LogP contribution is 2.50. The minimum atomic E-state index is 0.195. The quantitative estimate of drug-likeness (QED) is 0.717. The molecule has 0 radical (unpaired) electrons. The van der Waals surface area contributed by atoms with Crippen molar-refractivity contribution in [2.75, 3.05) is 13.7 Å². The van der Waals surface area contributed by atoms with Gasteiger partial charge >= 0.3 is 0 Å². The molecule has 2 N–H and O–H groups in total. The number of hydrogen-bond acceptors (Lipinski definition) is 3. The average Bonchev–Trinajstić information content (AvgIpc) is 2.52. The predicted octanol–water partition coefficient (Wildman–Crippen LogP) is 5.05. The first-order valence-corrected chi connectivity index (χ1v) is 9.05. The first-order valence-electron chi connectivity index (χ1n) is 9.05. The minimum Gasteiger partial charge on any atom is -0.504 e. The van der Waals surface area contributed by atoms with Crippen LogP contribution in [0.15, 0.2) is 17.7 Å². The monoisotopic (exact) mass is 332 g/mol. The van der Waals surface area contributed by atoms with Crippen LogP contribution >= 0.6 is 0 Å². The molecule has 0 aromatic heterocycles. The molecule has 0 saturated heterocycles. The van der Waals surface area contributed by atoms with Crippen molar-refractivity contribution in [3.63, 3.8) is 0 Å². The number of aliphatic hydroxyl groups excluding tert-OH is 1. The van der Waals surface area contributed by atoms with Gasteiger partial charge in [0.25, 0.3) is 0 Å². The van der Waals surface area contributed by atoms with Crippen LogP contribution in [-0.4, -0.2) is 23.9 Å². The molecule has 0 spiro atoms. The molecule has 1 aliphatic carbocycles. The maximum atomic E-state index is 10.7. The van der Waals surface area contributed by atoms with Crippen molar-refractivity contribution in [2.24, 2.45) is 5.92 Å². The maximum absolute atomic E-state index is 10.7. The fourth-order valence-corrected chi connectivity index (χ4v) is 4.13. The summed E-state index contributed by atoms with van der Waals surface area (Å²) in [6, 6.07) is 2.16. The molecule has 0 heterocycles. The van der Waals surface area contributed by atoms with Gasteiger partial charge in [-0.1, -0.05) is 24.6 Å². The predicted molar refractivity (Wildman–Crippen MR) is 99.0 cm³/mol. The molecule has 0 bridgehead atoms. The second-order valence-corrected chi connectivity index (χ2v) is 7.46. The third kappa shape index (κ3) is 3.77. The normalized spacial score (nSPS) is 21.1. The molecule has 3 heteroatoms. The van der Waals surface area contributed by atoms with E-state index in [0.717, 1.165) is 36.8 Å². The molecule has 134 valence electrons. The van der Waals surface area contributed by atoms with Crippen molar-refractivity contribution in [1.82, 2.24) is 0 Å². The van der Waals surface area contributed by atoms with Crippen LogP contribution in [-0.2, 0) is 0 Å². The number of aromatic hydroxyl groups is 1. The summed E-state index contributed by atoms with van der Waals surface area (Å²) >= 11 is 0. The number of fused-ring (bicyclic) bond motifs is 1. The highest BCUT2D eigenvalue weighted by molar-refractivity contribution is 5.57. The van der Waals surface area contributed by atoms with E-state index in [1.54, 1.807) is 7.11 Å². The Morgan fingerprint density at radius 2 is 2.08 bits per heavy atom. The van der Waals surface area contributed by atoms with Gasteiger partial charge in [0.2, 0.25) is 0 Å². The number of aliphatic hydroxyl groups is 1. The lowest BCUT2D eigenvalue weighted by Gasteiger charge is -2.35. The Hall–Kier alpha value is -1.48. The van der Waals surface area contributed by atoms with Crippen LogP contribution in [0.1, 0.15) is 75.0 Å². The molecule has 1 aromatic carbocycles. The third-order valence-electron chi connectivity index (χ3n) is 5.41. The van der Waals surface area contributed by atoms with Gasteiger partial charge in [0.1, 0.15) is 0 Å². The minimum absolute atomic E-state index is 0.195. The van der Waals surface area contributed by atoms with Gasteiger partial charge < -0.3 is 14.9 Å². The molecule has 3 atom stereocenters. The topological polar surface area (TPSA) is 49.7 Å². The van der Waals surface area contributed by atoms with Crippen molar-refractivity contribution < 1.29 is 14.9 Å². The lowest BCUT2D eigenvalue weighted by molar-refractivity contribution is 0.185. The molecule has 24 heavy (non-hydrogen) atoms. The van der Waals surface area contributed by atoms with Gasteiger partial charge in [0.15, 0.2) is 11.5 Å². The largest absolute Gasteiger partial charge is 0.504 e. The van der Waals surface area contributed by atoms with Crippen LogP contribution in [0.4, 0.5) is 0 Å². The fourth-order valence-electron chi connectivity index (χ4n) is 4.13. The molecule has 0 amide bonds. The SMILES string of the molecule is COc1c(C)cc2c(c1O)[C@H](C)CC[C@H]2C(CO)CCC=C(C)C. The Morgan fingerprint density at radius 1 is 1.38 bits per heavy atom. The van der Waals surface area contributed by atoms with Crippen molar-refractivity contribution in [2.45, 2.75) is 65.2 Å². The number of phenolic OH excluding ortho intramolecular Hbond substituents is 1. The van der Waals surface area contributed by atoms with Gasteiger partial charge in [-0.15, -0.1) is 0 Å². The Kier molecular flexibility index (Phi) is 6.34. The molecule has 1 aromatic rings. The van der Waals surface area contributed by atoms with Crippen LogP contribution < -0.4 is 4.74 Å². The Bertz CT molecular complexity index is 600. The molecule has 1 unspecified atom stereocenters. The summed E-state index contributed by atoms with van der Waals surface area (Å²) in [5, 5.41) is 20.7. The fraction of sp³-hybridized carbons (Fsp3) is 0.619. The number of hydrogen-bond donors (Lipinski definition) is 2. The molecule has 3 nitrogen and oxygen atoms in total. The number of allylic oxidation sites excluding steroid dienone is 2. The van der Waals surface area contributed by atoms with Crippen LogP contribution in [0, 0.1) is 12.8 Å². The molecule has 1 aliphatic rings. The summed E-state index contributed by atoms with van der Waals surface area (Å²) in [4.78, 5) is 0. The van der Waals surface area contributed by atoms with Crippen LogP contribution in [0.25, 0.3) is 0 Å². The van der Waals surface area contributed by atoms with E-state index >= 15 is 0 Å². The number of phenols is 1. The van der Waals surface area contributed by atoms with Crippen molar-refractivity contribution >= 4 is 0 Å². The molecular weight excluding hydrogens is 300 g/mol. The van der Waals surface area contributed by atoms with Crippen LogP contribution in [0.5, 0.6) is 11.5 Å². The number of rotatable bonds is 6. The van der Waals surface area contributed by atoms with E-state index in [2.05, 4.69) is 32.9 Å². The van der Waals surface area contributed by atoms with Gasteiger partial charge in [-0.3, -0.25) is 0 Å². The van der Waals surface area contributed by atoms with E-state index in [9.17, 15) is 10.2 Å². The second-order valence-electron chi connectivity index (χ2n) is 7.46. The average molecular weight is 332 g/mol. The van der Waals surface area contributed by atoms with E-state index in [0.29, 0.717) is 23.3 Å². The summed E-state index contributed by atoms with van der Waals surface area (Å²) in [7, 11) is 1.61. The second kappa shape index (κ2) is 8.06. The van der Waals surface area contributed by atoms with Crippen LogP contribution in [0.2, 0.25) is 0 Å². The molecule has 0 fully saturated rings. The molecule has 0 aliphatic heterocycles. The maximum Gasteiger partial charge on any atom is 0.163 e. The first-order chi connectivity index (χ1) is 11.4. The lowest BCUT2D eigenvalue weighted by atomic mass is 9.70. The molecule has 2 rings (SSSR count). The van der Waals surface area contributed by atoms with Gasteiger partial charge in [-0.2, -0.15) is 0 Å². The zero-order valence-corrected chi connectivity index (χ0v) is 15.7. The van der Waals surface area contributed by atoms with E-state index in [1.807, 2.05) is 6.92 Å². The Balaban J connectivity index is 2.38. The van der Waals surface area contributed by atoms with E-state index < -0.39 is 0 Å². The summed E-state index contributed by atoms with van der Waals surface area (Å²) in [6.45, 7) is 8.56. The highest BCUT2D eigenvalue weighted by Gasteiger charge is 2.33. The number of methoxy groups -OCH3 is 1. The lowest BCUT2D eigenvalue weighted by Crippen LogP contribution is -2.23. The van der Waals surface area contributed by atoms with E-state index in [4.69, 9.17) is 4.74 Å². The Morgan fingerprint density at radius 3 is 2.67 bits per heavy atom. The molecule has 0 saturated carbocycles. The third-order valence-corrected chi connectivity index (χ3v) is 5.41. The summed E-state index contributed by atoms with van der Waals surface area (Å²) < 4.78 is 5.40.